The van der Waals surface area contributed by atoms with Crippen molar-refractivity contribution in [1.82, 2.24) is 0 Å². The summed E-state index contributed by atoms with van der Waals surface area (Å²) in [6.07, 6.45) is -1.86. The standard InChI is InChI=1S/C23H26F3NO4/c1-14(2)19-10-4-15(3)12-22(19)30-21-11-7-17(13-20(21)27(28)29)16-5-8-18(9-6-16)31-23(24,25)26/h5-9,11,13-15,19,22H,4,10,12H2,1-3H3/t15-,19+,22-/m1/s1. The topological polar surface area (TPSA) is 61.6 Å². The van der Waals surface area contributed by atoms with Gasteiger partial charge in [0.25, 0.3) is 0 Å². The molecule has 0 aliphatic heterocycles. The van der Waals surface area contributed by atoms with Gasteiger partial charge < -0.3 is 9.47 Å². The minimum atomic E-state index is -4.77. The molecule has 0 spiro atoms. The summed E-state index contributed by atoms with van der Waals surface area (Å²) in [7, 11) is 0. The van der Waals surface area contributed by atoms with E-state index in [-0.39, 0.29) is 23.3 Å². The molecule has 5 nitrogen and oxygen atoms in total. The van der Waals surface area contributed by atoms with Gasteiger partial charge in [-0.3, -0.25) is 10.1 Å². The molecular weight excluding hydrogens is 411 g/mol. The van der Waals surface area contributed by atoms with E-state index in [0.717, 1.165) is 19.3 Å². The fraction of sp³-hybridized carbons (Fsp3) is 0.478. The van der Waals surface area contributed by atoms with Crippen molar-refractivity contribution in [3.05, 3.63) is 52.6 Å². The van der Waals surface area contributed by atoms with Crippen LogP contribution in [0.5, 0.6) is 11.5 Å². The Morgan fingerprint density at radius 1 is 1.06 bits per heavy atom. The molecule has 1 aliphatic rings. The molecule has 3 rings (SSSR count). The van der Waals surface area contributed by atoms with Crippen LogP contribution < -0.4 is 9.47 Å². The van der Waals surface area contributed by atoms with Crippen molar-refractivity contribution in [2.45, 2.75) is 52.5 Å². The quantitative estimate of drug-likeness (QED) is 0.361. The first-order chi connectivity index (χ1) is 14.5. The van der Waals surface area contributed by atoms with E-state index >= 15 is 0 Å². The molecule has 31 heavy (non-hydrogen) atoms. The fourth-order valence-electron chi connectivity index (χ4n) is 4.20. The molecule has 8 heteroatoms. The number of nitro groups is 1. The molecule has 0 N–H and O–H groups in total. The highest BCUT2D eigenvalue weighted by molar-refractivity contribution is 5.69. The second kappa shape index (κ2) is 9.16. The molecule has 0 aromatic heterocycles. The van der Waals surface area contributed by atoms with E-state index in [0.29, 0.717) is 28.9 Å². The highest BCUT2D eigenvalue weighted by atomic mass is 19.4. The summed E-state index contributed by atoms with van der Waals surface area (Å²) in [4.78, 5) is 11.2. The summed E-state index contributed by atoms with van der Waals surface area (Å²) < 4.78 is 47.0. The highest BCUT2D eigenvalue weighted by Gasteiger charge is 2.34. The Morgan fingerprint density at radius 2 is 1.71 bits per heavy atom. The fourth-order valence-corrected chi connectivity index (χ4v) is 4.20. The van der Waals surface area contributed by atoms with Gasteiger partial charge in [0, 0.05) is 6.07 Å². The molecule has 1 fully saturated rings. The zero-order chi connectivity index (χ0) is 22.8. The van der Waals surface area contributed by atoms with E-state index in [2.05, 4.69) is 25.5 Å². The first kappa shape index (κ1) is 22.9. The second-order valence-corrected chi connectivity index (χ2v) is 8.49. The summed E-state index contributed by atoms with van der Waals surface area (Å²) in [5.74, 6) is 1.10. The number of benzene rings is 2. The van der Waals surface area contributed by atoms with E-state index in [4.69, 9.17) is 4.74 Å². The Bertz CT molecular complexity index is 912. The van der Waals surface area contributed by atoms with Crippen LogP contribution in [-0.4, -0.2) is 17.4 Å². The molecule has 1 aliphatic carbocycles. The van der Waals surface area contributed by atoms with Crippen LogP contribution in [-0.2, 0) is 0 Å². The third kappa shape index (κ3) is 5.89. The molecule has 168 valence electrons. The highest BCUT2D eigenvalue weighted by Crippen LogP contribution is 2.39. The lowest BCUT2D eigenvalue weighted by Gasteiger charge is -2.37. The van der Waals surface area contributed by atoms with Crippen LogP contribution in [0.15, 0.2) is 42.5 Å². The van der Waals surface area contributed by atoms with Crippen molar-refractivity contribution in [3.8, 4) is 22.6 Å². The third-order valence-electron chi connectivity index (χ3n) is 5.82. The molecule has 0 heterocycles. The Balaban J connectivity index is 1.85. The summed E-state index contributed by atoms with van der Waals surface area (Å²) in [5, 5.41) is 11.7. The summed E-state index contributed by atoms with van der Waals surface area (Å²) in [6.45, 7) is 6.44. The van der Waals surface area contributed by atoms with Crippen LogP contribution in [0.2, 0.25) is 0 Å². The Morgan fingerprint density at radius 3 is 2.29 bits per heavy atom. The van der Waals surface area contributed by atoms with Crippen LogP contribution >= 0.6 is 0 Å². The minimum absolute atomic E-state index is 0.0906. The van der Waals surface area contributed by atoms with Crippen LogP contribution in [0, 0.1) is 27.9 Å². The molecule has 0 bridgehead atoms. The van der Waals surface area contributed by atoms with Gasteiger partial charge in [-0.15, -0.1) is 13.2 Å². The van der Waals surface area contributed by atoms with E-state index in [1.54, 1.807) is 12.1 Å². The van der Waals surface area contributed by atoms with Gasteiger partial charge in [0.05, 0.1) is 4.92 Å². The van der Waals surface area contributed by atoms with E-state index in [1.165, 1.54) is 30.3 Å². The van der Waals surface area contributed by atoms with Gasteiger partial charge in [-0.2, -0.15) is 0 Å². The van der Waals surface area contributed by atoms with Crippen molar-refractivity contribution < 1.29 is 27.6 Å². The monoisotopic (exact) mass is 437 g/mol. The summed E-state index contributed by atoms with van der Waals surface area (Å²) in [5.41, 5.74) is 0.888. The zero-order valence-electron chi connectivity index (χ0n) is 17.7. The van der Waals surface area contributed by atoms with E-state index in [9.17, 15) is 23.3 Å². The van der Waals surface area contributed by atoms with Gasteiger partial charge in [0.15, 0.2) is 5.75 Å². The largest absolute Gasteiger partial charge is 0.573 e. The van der Waals surface area contributed by atoms with Crippen molar-refractivity contribution in [2.75, 3.05) is 0 Å². The lowest BCUT2D eigenvalue weighted by molar-refractivity contribution is -0.386. The molecule has 0 saturated heterocycles. The number of hydrogen-bond acceptors (Lipinski definition) is 4. The van der Waals surface area contributed by atoms with Gasteiger partial charge in [-0.05, 0) is 59.9 Å². The number of rotatable bonds is 6. The number of halogens is 3. The molecule has 0 unspecified atom stereocenters. The predicted octanol–water partition coefficient (Wildman–Crippen LogP) is 7.00. The third-order valence-corrected chi connectivity index (χ3v) is 5.82. The average Bonchev–Trinajstić information content (AvgIpc) is 2.67. The Labute approximate surface area is 179 Å². The van der Waals surface area contributed by atoms with Crippen molar-refractivity contribution in [3.63, 3.8) is 0 Å². The van der Waals surface area contributed by atoms with Gasteiger partial charge >= 0.3 is 12.0 Å². The summed E-state index contributed by atoms with van der Waals surface area (Å²) in [6, 6.07) is 9.86. The lowest BCUT2D eigenvalue weighted by Crippen LogP contribution is -2.36. The van der Waals surface area contributed by atoms with E-state index < -0.39 is 11.3 Å². The van der Waals surface area contributed by atoms with Crippen molar-refractivity contribution in [1.29, 1.82) is 0 Å². The van der Waals surface area contributed by atoms with Crippen molar-refractivity contribution in [2.24, 2.45) is 17.8 Å². The van der Waals surface area contributed by atoms with Gasteiger partial charge in [0.1, 0.15) is 11.9 Å². The molecule has 0 amide bonds. The first-order valence-electron chi connectivity index (χ1n) is 10.3. The number of hydrogen-bond donors (Lipinski definition) is 0. The van der Waals surface area contributed by atoms with Crippen LogP contribution in [0.1, 0.15) is 40.0 Å². The molecule has 0 radical (unpaired) electrons. The normalized spacial score (nSPS) is 21.7. The molecule has 1 saturated carbocycles. The lowest BCUT2D eigenvalue weighted by atomic mass is 9.75. The van der Waals surface area contributed by atoms with Crippen LogP contribution in [0.4, 0.5) is 18.9 Å². The molecule has 2 aromatic carbocycles. The number of ether oxygens (including phenoxy) is 2. The predicted molar refractivity (Wildman–Crippen MR) is 111 cm³/mol. The molecular formula is C23H26F3NO4. The van der Waals surface area contributed by atoms with Crippen LogP contribution in [0.25, 0.3) is 11.1 Å². The van der Waals surface area contributed by atoms with Gasteiger partial charge in [-0.1, -0.05) is 45.4 Å². The Kier molecular flexibility index (Phi) is 6.77. The number of nitro benzene ring substituents is 1. The maximum Gasteiger partial charge on any atom is 0.573 e. The minimum Gasteiger partial charge on any atom is -0.483 e. The summed E-state index contributed by atoms with van der Waals surface area (Å²) >= 11 is 0. The SMILES string of the molecule is CC(C)[C@@H]1CC[C@@H](C)C[C@H]1Oc1ccc(-c2ccc(OC(F)(F)F)cc2)cc1[N+](=O)[O-]. The first-order valence-corrected chi connectivity index (χ1v) is 10.3. The zero-order valence-corrected chi connectivity index (χ0v) is 17.7. The van der Waals surface area contributed by atoms with Gasteiger partial charge in [0.2, 0.25) is 0 Å². The maximum absolute atomic E-state index is 12.3. The number of nitrogens with zero attached hydrogens (tertiary/aromatic N) is 1. The Hall–Kier alpha value is -2.77. The second-order valence-electron chi connectivity index (χ2n) is 8.49. The molecule has 3 atom stereocenters. The van der Waals surface area contributed by atoms with Crippen molar-refractivity contribution >= 4 is 5.69 Å². The van der Waals surface area contributed by atoms with Gasteiger partial charge in [-0.25, -0.2) is 0 Å². The average molecular weight is 437 g/mol. The smallest absolute Gasteiger partial charge is 0.483 e. The molecule has 2 aromatic rings. The van der Waals surface area contributed by atoms with Crippen LogP contribution in [0.3, 0.4) is 0 Å². The maximum atomic E-state index is 12.3. The van der Waals surface area contributed by atoms with E-state index in [1.807, 2.05) is 0 Å². The number of alkyl halides is 3.